The molecule has 0 amide bonds. The minimum absolute atomic E-state index is 0.919. The van der Waals surface area contributed by atoms with Crippen LogP contribution in [0.4, 0.5) is 0 Å². The van der Waals surface area contributed by atoms with Crippen LogP contribution in [-0.4, -0.2) is 15.2 Å². The first-order chi connectivity index (χ1) is 5.86. The summed E-state index contributed by atoms with van der Waals surface area (Å²) in [6.07, 6.45) is 1.82. The molecule has 0 radical (unpaired) electrons. The Bertz CT molecular complexity index is 352. The van der Waals surface area contributed by atoms with Crippen molar-refractivity contribution in [2.45, 2.75) is 6.92 Å². The van der Waals surface area contributed by atoms with Crippen LogP contribution in [0.2, 0.25) is 0 Å². The molecule has 0 aliphatic heterocycles. The van der Waals surface area contributed by atoms with E-state index < -0.39 is 0 Å². The highest BCUT2D eigenvalue weighted by Gasteiger charge is 1.99. The van der Waals surface area contributed by atoms with Gasteiger partial charge in [0.1, 0.15) is 10.5 Å². The van der Waals surface area contributed by atoms with Gasteiger partial charge in [0.15, 0.2) is 0 Å². The van der Waals surface area contributed by atoms with Gasteiger partial charge >= 0.3 is 0 Å². The molecule has 2 heterocycles. The molecule has 0 saturated carbocycles. The fourth-order valence-electron chi connectivity index (χ4n) is 0.893. The zero-order valence-electron chi connectivity index (χ0n) is 6.56. The molecular weight excluding hydrogens is 170 g/mol. The highest BCUT2D eigenvalue weighted by atomic mass is 32.1. The first-order valence-electron chi connectivity index (χ1n) is 3.55. The lowest BCUT2D eigenvalue weighted by Gasteiger charge is -1.93. The second-order valence-corrected chi connectivity index (χ2v) is 3.27. The van der Waals surface area contributed by atoms with Crippen molar-refractivity contribution in [3.63, 3.8) is 0 Å². The SMILES string of the molecule is Cc1ccc(-c2nncs2)cn1. The highest BCUT2D eigenvalue weighted by molar-refractivity contribution is 7.12. The van der Waals surface area contributed by atoms with Crippen LogP contribution in [0, 0.1) is 6.92 Å². The van der Waals surface area contributed by atoms with Gasteiger partial charge in [-0.05, 0) is 19.1 Å². The van der Waals surface area contributed by atoms with E-state index >= 15 is 0 Å². The Morgan fingerprint density at radius 2 is 2.25 bits per heavy atom. The Labute approximate surface area is 74.1 Å². The van der Waals surface area contributed by atoms with E-state index in [0.717, 1.165) is 16.3 Å². The van der Waals surface area contributed by atoms with Gasteiger partial charge in [0, 0.05) is 17.5 Å². The van der Waals surface area contributed by atoms with Crippen LogP contribution >= 0.6 is 11.3 Å². The first-order valence-corrected chi connectivity index (χ1v) is 4.43. The van der Waals surface area contributed by atoms with Crippen LogP contribution < -0.4 is 0 Å². The second kappa shape index (κ2) is 2.98. The van der Waals surface area contributed by atoms with E-state index in [-0.39, 0.29) is 0 Å². The molecule has 0 N–H and O–H groups in total. The molecule has 0 fully saturated rings. The molecule has 0 saturated heterocycles. The third-order valence-corrected chi connectivity index (χ3v) is 2.26. The van der Waals surface area contributed by atoms with Crippen molar-refractivity contribution in [3.05, 3.63) is 29.5 Å². The van der Waals surface area contributed by atoms with Crippen molar-refractivity contribution < 1.29 is 0 Å². The van der Waals surface area contributed by atoms with Crippen molar-refractivity contribution in [1.29, 1.82) is 0 Å². The van der Waals surface area contributed by atoms with Gasteiger partial charge in [0.25, 0.3) is 0 Å². The van der Waals surface area contributed by atoms with Crippen molar-refractivity contribution in [2.75, 3.05) is 0 Å². The molecule has 2 aromatic heterocycles. The Morgan fingerprint density at radius 3 is 2.83 bits per heavy atom. The number of nitrogens with zero attached hydrogens (tertiary/aromatic N) is 3. The first kappa shape index (κ1) is 7.36. The van der Waals surface area contributed by atoms with Gasteiger partial charge in [-0.2, -0.15) is 0 Å². The fraction of sp³-hybridized carbons (Fsp3) is 0.125. The van der Waals surface area contributed by atoms with Gasteiger partial charge < -0.3 is 0 Å². The van der Waals surface area contributed by atoms with Gasteiger partial charge in [-0.25, -0.2) is 0 Å². The summed E-state index contributed by atoms with van der Waals surface area (Å²) in [6.45, 7) is 1.96. The van der Waals surface area contributed by atoms with Gasteiger partial charge in [-0.3, -0.25) is 4.98 Å². The molecule has 0 aromatic carbocycles. The predicted octanol–water partition coefficient (Wildman–Crippen LogP) is 1.91. The summed E-state index contributed by atoms with van der Waals surface area (Å²) in [5.74, 6) is 0. The van der Waals surface area contributed by atoms with E-state index in [1.165, 1.54) is 11.3 Å². The Balaban J connectivity index is 2.43. The summed E-state index contributed by atoms with van der Waals surface area (Å²) in [7, 11) is 0. The minimum Gasteiger partial charge on any atom is -0.261 e. The normalized spacial score (nSPS) is 10.1. The Hall–Kier alpha value is -1.29. The number of rotatable bonds is 1. The standard InChI is InChI=1S/C8H7N3S/c1-6-2-3-7(4-9-6)8-11-10-5-12-8/h2-5H,1H3. The Morgan fingerprint density at radius 1 is 1.33 bits per heavy atom. The molecule has 0 spiro atoms. The number of aryl methyl sites for hydroxylation is 1. The fourth-order valence-corrected chi connectivity index (χ4v) is 1.44. The molecule has 12 heavy (non-hydrogen) atoms. The quantitative estimate of drug-likeness (QED) is 0.667. The van der Waals surface area contributed by atoms with Crippen LogP contribution in [-0.2, 0) is 0 Å². The van der Waals surface area contributed by atoms with Crippen LogP contribution in [0.15, 0.2) is 23.8 Å². The molecule has 0 atom stereocenters. The number of pyridine rings is 1. The van der Waals surface area contributed by atoms with Gasteiger partial charge in [0.05, 0.1) is 0 Å². The summed E-state index contributed by atoms with van der Waals surface area (Å²) in [5, 5.41) is 8.63. The van der Waals surface area contributed by atoms with Crippen molar-refractivity contribution >= 4 is 11.3 Å². The monoisotopic (exact) mass is 177 g/mol. The summed E-state index contributed by atoms with van der Waals surface area (Å²) in [5.41, 5.74) is 3.77. The van der Waals surface area contributed by atoms with Crippen LogP contribution in [0.25, 0.3) is 10.6 Å². The van der Waals surface area contributed by atoms with Gasteiger partial charge in [0.2, 0.25) is 0 Å². The number of hydrogen-bond acceptors (Lipinski definition) is 4. The molecule has 4 heteroatoms. The van der Waals surface area contributed by atoms with Crippen LogP contribution in [0.5, 0.6) is 0 Å². The van der Waals surface area contributed by atoms with E-state index in [2.05, 4.69) is 15.2 Å². The molecule has 0 unspecified atom stereocenters. The molecule has 0 bridgehead atoms. The van der Waals surface area contributed by atoms with Crippen molar-refractivity contribution in [3.8, 4) is 10.6 Å². The highest BCUT2D eigenvalue weighted by Crippen LogP contribution is 2.18. The molecule has 2 rings (SSSR count). The van der Waals surface area contributed by atoms with Gasteiger partial charge in [-0.1, -0.05) is 11.3 Å². The zero-order valence-corrected chi connectivity index (χ0v) is 7.38. The lowest BCUT2D eigenvalue weighted by molar-refractivity contribution is 1.09. The van der Waals surface area contributed by atoms with E-state index in [9.17, 15) is 0 Å². The van der Waals surface area contributed by atoms with Crippen LogP contribution in [0.1, 0.15) is 5.69 Å². The zero-order chi connectivity index (χ0) is 8.39. The summed E-state index contributed by atoms with van der Waals surface area (Å²) >= 11 is 1.52. The third-order valence-electron chi connectivity index (χ3n) is 1.52. The molecule has 0 aliphatic rings. The maximum atomic E-state index is 4.17. The summed E-state index contributed by atoms with van der Waals surface area (Å²) in [4.78, 5) is 4.17. The van der Waals surface area contributed by atoms with E-state index in [4.69, 9.17) is 0 Å². The van der Waals surface area contributed by atoms with Crippen LogP contribution in [0.3, 0.4) is 0 Å². The largest absolute Gasteiger partial charge is 0.261 e. The topological polar surface area (TPSA) is 38.7 Å². The maximum Gasteiger partial charge on any atom is 0.149 e. The summed E-state index contributed by atoms with van der Waals surface area (Å²) in [6, 6.07) is 3.97. The molecule has 3 nitrogen and oxygen atoms in total. The lowest BCUT2D eigenvalue weighted by atomic mass is 10.3. The maximum absolute atomic E-state index is 4.17. The lowest BCUT2D eigenvalue weighted by Crippen LogP contribution is -1.81. The van der Waals surface area contributed by atoms with E-state index in [1.54, 1.807) is 5.51 Å². The average Bonchev–Trinajstić information content (AvgIpc) is 2.58. The average molecular weight is 177 g/mol. The minimum atomic E-state index is 0.919. The van der Waals surface area contributed by atoms with E-state index in [0.29, 0.717) is 0 Å². The van der Waals surface area contributed by atoms with Crippen molar-refractivity contribution in [1.82, 2.24) is 15.2 Å². The molecular formula is C8H7N3S. The van der Waals surface area contributed by atoms with E-state index in [1.807, 2.05) is 25.3 Å². The molecule has 60 valence electrons. The second-order valence-electron chi connectivity index (χ2n) is 2.43. The molecule has 0 aliphatic carbocycles. The number of aromatic nitrogens is 3. The Kier molecular flexibility index (Phi) is 1.83. The molecule has 2 aromatic rings. The number of hydrogen-bond donors (Lipinski definition) is 0. The third kappa shape index (κ3) is 1.33. The predicted molar refractivity (Wildman–Crippen MR) is 47.9 cm³/mol. The van der Waals surface area contributed by atoms with Crippen molar-refractivity contribution in [2.24, 2.45) is 0 Å². The summed E-state index contributed by atoms with van der Waals surface area (Å²) < 4.78 is 0. The van der Waals surface area contributed by atoms with Gasteiger partial charge in [-0.15, -0.1) is 10.2 Å². The smallest absolute Gasteiger partial charge is 0.149 e.